The molecule has 0 fully saturated rings. The third kappa shape index (κ3) is 2.43. The minimum absolute atomic E-state index is 0.199. The highest BCUT2D eigenvalue weighted by molar-refractivity contribution is 9.09. The van der Waals surface area contributed by atoms with Crippen LogP contribution in [0.2, 0.25) is 0 Å². The lowest BCUT2D eigenvalue weighted by atomic mass is 10.0. The van der Waals surface area contributed by atoms with E-state index in [4.69, 9.17) is 5.73 Å². The van der Waals surface area contributed by atoms with Gasteiger partial charge in [0.15, 0.2) is 0 Å². The van der Waals surface area contributed by atoms with E-state index >= 15 is 0 Å². The lowest BCUT2D eigenvalue weighted by Gasteiger charge is -2.17. The molecule has 0 radical (unpaired) electrons. The largest absolute Gasteiger partial charge is 0.398 e. The van der Waals surface area contributed by atoms with Crippen molar-refractivity contribution < 1.29 is 14.6 Å². The third-order valence-electron chi connectivity index (χ3n) is 1.89. The number of alkyl halides is 1. The van der Waals surface area contributed by atoms with Crippen molar-refractivity contribution in [2.75, 3.05) is 11.1 Å². The number of hydrogen-bond donors (Lipinski definition) is 3. The average Bonchev–Trinajstić information content (AvgIpc) is 2.19. The molecular formula is C9H11BrFNO2. The fourth-order valence-electron chi connectivity index (χ4n) is 1.09. The predicted octanol–water partition coefficient (Wildman–Crippen LogP) is 1.20. The Balaban J connectivity index is 2.99. The molecule has 0 saturated heterocycles. The number of benzene rings is 1. The second-order valence-corrected chi connectivity index (χ2v) is 3.59. The Hall–Kier alpha value is -0.650. The van der Waals surface area contributed by atoms with Crippen molar-refractivity contribution in [1.82, 2.24) is 0 Å². The van der Waals surface area contributed by atoms with Gasteiger partial charge in [-0.2, -0.15) is 0 Å². The van der Waals surface area contributed by atoms with Gasteiger partial charge in [0.05, 0.1) is 6.10 Å². The van der Waals surface area contributed by atoms with Gasteiger partial charge < -0.3 is 15.9 Å². The second-order valence-electron chi connectivity index (χ2n) is 2.94. The summed E-state index contributed by atoms with van der Waals surface area (Å²) in [6.45, 7) is 0. The van der Waals surface area contributed by atoms with Crippen LogP contribution in [-0.4, -0.2) is 21.6 Å². The molecule has 0 heterocycles. The van der Waals surface area contributed by atoms with Crippen LogP contribution in [-0.2, 0) is 0 Å². The van der Waals surface area contributed by atoms with Gasteiger partial charge in [0.1, 0.15) is 11.9 Å². The van der Waals surface area contributed by atoms with Crippen molar-refractivity contribution in [3.63, 3.8) is 0 Å². The predicted molar refractivity (Wildman–Crippen MR) is 55.6 cm³/mol. The van der Waals surface area contributed by atoms with Crippen LogP contribution in [0.25, 0.3) is 0 Å². The zero-order valence-corrected chi connectivity index (χ0v) is 8.91. The second kappa shape index (κ2) is 4.72. The molecular weight excluding hydrogens is 253 g/mol. The van der Waals surface area contributed by atoms with Crippen molar-refractivity contribution in [2.24, 2.45) is 0 Å². The van der Waals surface area contributed by atoms with E-state index in [0.717, 1.165) is 6.07 Å². The monoisotopic (exact) mass is 263 g/mol. The summed E-state index contributed by atoms with van der Waals surface area (Å²) in [7, 11) is 0. The fourth-order valence-corrected chi connectivity index (χ4v) is 1.45. The van der Waals surface area contributed by atoms with Crippen molar-refractivity contribution in [1.29, 1.82) is 0 Å². The Morgan fingerprint density at radius 2 is 2.07 bits per heavy atom. The zero-order chi connectivity index (χ0) is 10.7. The molecule has 1 aromatic rings. The van der Waals surface area contributed by atoms with Crippen LogP contribution >= 0.6 is 15.9 Å². The Bertz CT molecular complexity index is 322. The van der Waals surface area contributed by atoms with Gasteiger partial charge in [-0.05, 0) is 18.2 Å². The molecule has 0 saturated carbocycles. The maximum atomic E-state index is 12.8. The van der Waals surface area contributed by atoms with Gasteiger partial charge in [0, 0.05) is 16.6 Å². The van der Waals surface area contributed by atoms with E-state index in [9.17, 15) is 14.6 Å². The number of nitrogen functional groups attached to an aromatic ring is 1. The SMILES string of the molecule is Nc1ccc(F)cc1C(O)C(O)CBr. The molecule has 2 atom stereocenters. The third-order valence-corrected chi connectivity index (χ3v) is 2.55. The quantitative estimate of drug-likeness (QED) is 0.567. The standard InChI is InChI=1S/C9H11BrFNO2/c10-4-8(13)9(14)6-3-5(11)1-2-7(6)12/h1-3,8-9,13-14H,4,12H2. The first-order valence-electron chi connectivity index (χ1n) is 4.03. The Morgan fingerprint density at radius 3 is 2.64 bits per heavy atom. The molecule has 4 N–H and O–H groups in total. The maximum Gasteiger partial charge on any atom is 0.123 e. The van der Waals surface area contributed by atoms with Crippen LogP contribution in [0.4, 0.5) is 10.1 Å². The van der Waals surface area contributed by atoms with E-state index in [2.05, 4.69) is 15.9 Å². The van der Waals surface area contributed by atoms with Crippen molar-refractivity contribution in [2.45, 2.75) is 12.2 Å². The number of rotatable bonds is 3. The first kappa shape index (κ1) is 11.4. The zero-order valence-electron chi connectivity index (χ0n) is 7.32. The number of nitrogens with two attached hydrogens (primary N) is 1. The smallest absolute Gasteiger partial charge is 0.123 e. The van der Waals surface area contributed by atoms with Crippen LogP contribution in [0.5, 0.6) is 0 Å². The van der Waals surface area contributed by atoms with E-state index in [-0.39, 0.29) is 16.6 Å². The molecule has 14 heavy (non-hydrogen) atoms. The molecule has 1 aromatic carbocycles. The Kier molecular flexibility index (Phi) is 3.86. The summed E-state index contributed by atoms with van der Waals surface area (Å²) in [5.41, 5.74) is 6.00. The molecule has 3 nitrogen and oxygen atoms in total. The summed E-state index contributed by atoms with van der Waals surface area (Å²) in [6, 6.07) is 3.67. The van der Waals surface area contributed by atoms with Crippen molar-refractivity contribution in [3.05, 3.63) is 29.6 Å². The molecule has 0 spiro atoms. The van der Waals surface area contributed by atoms with Crippen LogP contribution in [0.15, 0.2) is 18.2 Å². The average molecular weight is 264 g/mol. The van der Waals surface area contributed by atoms with Crippen LogP contribution < -0.4 is 5.73 Å². The topological polar surface area (TPSA) is 66.5 Å². The summed E-state index contributed by atoms with van der Waals surface area (Å²) < 4.78 is 12.8. The molecule has 2 unspecified atom stereocenters. The highest BCUT2D eigenvalue weighted by Crippen LogP contribution is 2.24. The van der Waals surface area contributed by atoms with E-state index in [1.165, 1.54) is 12.1 Å². The van der Waals surface area contributed by atoms with Crippen LogP contribution in [0, 0.1) is 5.82 Å². The summed E-state index contributed by atoms with van der Waals surface area (Å²) in [5.74, 6) is -0.491. The molecule has 1 rings (SSSR count). The van der Waals surface area contributed by atoms with E-state index in [1.54, 1.807) is 0 Å². The maximum absolute atomic E-state index is 12.8. The summed E-state index contributed by atoms with van der Waals surface area (Å²) in [4.78, 5) is 0. The van der Waals surface area contributed by atoms with Gasteiger partial charge in [-0.3, -0.25) is 0 Å². The highest BCUT2D eigenvalue weighted by atomic mass is 79.9. The summed E-state index contributed by atoms with van der Waals surface area (Å²) in [5, 5.41) is 19.1. The fraction of sp³-hybridized carbons (Fsp3) is 0.333. The van der Waals surface area contributed by atoms with Crippen LogP contribution in [0.1, 0.15) is 11.7 Å². The van der Waals surface area contributed by atoms with E-state index < -0.39 is 18.0 Å². The minimum Gasteiger partial charge on any atom is -0.398 e. The summed E-state index contributed by atoms with van der Waals surface area (Å²) >= 11 is 3.01. The number of aliphatic hydroxyl groups is 2. The lowest BCUT2D eigenvalue weighted by molar-refractivity contribution is 0.0345. The Morgan fingerprint density at radius 1 is 1.43 bits per heavy atom. The number of halogens is 2. The van der Waals surface area contributed by atoms with Gasteiger partial charge in [0.25, 0.3) is 0 Å². The van der Waals surface area contributed by atoms with Crippen molar-refractivity contribution in [3.8, 4) is 0 Å². The number of hydrogen-bond acceptors (Lipinski definition) is 3. The molecule has 5 heteroatoms. The highest BCUT2D eigenvalue weighted by Gasteiger charge is 2.19. The van der Waals surface area contributed by atoms with Gasteiger partial charge >= 0.3 is 0 Å². The van der Waals surface area contributed by atoms with Gasteiger partial charge in [-0.15, -0.1) is 0 Å². The van der Waals surface area contributed by atoms with E-state index in [1.807, 2.05) is 0 Å². The van der Waals surface area contributed by atoms with Gasteiger partial charge in [-0.25, -0.2) is 4.39 Å². The molecule has 0 bridgehead atoms. The molecule has 0 aromatic heterocycles. The van der Waals surface area contributed by atoms with Crippen molar-refractivity contribution >= 4 is 21.6 Å². The van der Waals surface area contributed by atoms with E-state index in [0.29, 0.717) is 0 Å². The van der Waals surface area contributed by atoms with Gasteiger partial charge in [0.2, 0.25) is 0 Å². The molecule has 0 aliphatic heterocycles. The number of anilines is 1. The summed E-state index contributed by atoms with van der Waals surface area (Å²) in [6.07, 6.45) is -2.18. The molecule has 0 amide bonds. The molecule has 78 valence electrons. The first-order chi connectivity index (χ1) is 6.56. The van der Waals surface area contributed by atoms with Gasteiger partial charge in [-0.1, -0.05) is 15.9 Å². The number of aliphatic hydroxyl groups excluding tert-OH is 2. The van der Waals surface area contributed by atoms with Crippen LogP contribution in [0.3, 0.4) is 0 Å². The normalized spacial score (nSPS) is 15.1. The first-order valence-corrected chi connectivity index (χ1v) is 5.15. The molecule has 0 aliphatic carbocycles. The molecule has 0 aliphatic rings. The lowest BCUT2D eigenvalue weighted by Crippen LogP contribution is -2.20. The Labute approximate surface area is 89.5 Å². The minimum atomic E-state index is -1.18.